The summed E-state index contributed by atoms with van der Waals surface area (Å²) >= 11 is 1.64. The summed E-state index contributed by atoms with van der Waals surface area (Å²) in [4.78, 5) is 16.3. The second kappa shape index (κ2) is 7.89. The van der Waals surface area contributed by atoms with Crippen LogP contribution < -0.4 is 5.32 Å². The molecule has 4 rings (SSSR count). The summed E-state index contributed by atoms with van der Waals surface area (Å²) in [5.74, 6) is 0.874. The highest BCUT2D eigenvalue weighted by Crippen LogP contribution is 2.32. The monoisotopic (exact) mass is 364 g/mol. The van der Waals surface area contributed by atoms with Crippen molar-refractivity contribution in [1.82, 2.24) is 10.2 Å². The van der Waals surface area contributed by atoms with Gasteiger partial charge in [0.1, 0.15) is 5.70 Å². The van der Waals surface area contributed by atoms with Crippen LogP contribution in [0.4, 0.5) is 5.69 Å². The summed E-state index contributed by atoms with van der Waals surface area (Å²) in [6.45, 7) is 3.76. The molecule has 1 amide bonds. The van der Waals surface area contributed by atoms with E-state index in [0.717, 1.165) is 48.2 Å². The fraction of sp³-hybridized carbons (Fsp3) is 0.238. The third-order valence-electron chi connectivity index (χ3n) is 4.62. The predicted molar refractivity (Wildman–Crippen MR) is 107 cm³/mol. The lowest BCUT2D eigenvalue weighted by molar-refractivity contribution is -0.353. The number of thioether (sulfide) groups is 1. The molecule has 1 fully saturated rings. The van der Waals surface area contributed by atoms with Gasteiger partial charge in [-0.2, -0.15) is 0 Å². The lowest BCUT2D eigenvalue weighted by atomic mass is 10.2. The van der Waals surface area contributed by atoms with Gasteiger partial charge in [-0.05, 0) is 5.56 Å². The summed E-state index contributed by atoms with van der Waals surface area (Å²) in [6, 6.07) is 20.2. The van der Waals surface area contributed by atoms with Crippen LogP contribution in [0.5, 0.6) is 0 Å². The standard InChI is InChI=1S/C21H22N3OS/c25-21-20(26-16-17-7-3-1-4-8-17)19(23-13-11-22-12-14-23)15-24(21)18-9-5-2-6-10-18/h1-10,15,22H,11-14,16H2/q+1. The smallest absolute Gasteiger partial charge is 0.363 e. The number of hydrogen-bond acceptors (Lipinski definition) is 4. The van der Waals surface area contributed by atoms with E-state index < -0.39 is 0 Å². The number of piperazine rings is 1. The highest BCUT2D eigenvalue weighted by Gasteiger charge is 2.38. The van der Waals surface area contributed by atoms with Gasteiger partial charge in [-0.3, -0.25) is 0 Å². The molecular formula is C21H22N3OS+. The molecule has 0 aromatic heterocycles. The molecule has 0 saturated carbocycles. The van der Waals surface area contributed by atoms with Gasteiger partial charge in [0, 0.05) is 44.1 Å². The van der Waals surface area contributed by atoms with E-state index in [0.29, 0.717) is 0 Å². The Kier molecular flexibility index (Phi) is 5.18. The number of amides is 1. The van der Waals surface area contributed by atoms with Gasteiger partial charge in [0.05, 0.1) is 0 Å². The first-order valence-corrected chi connectivity index (χ1v) is 9.91. The van der Waals surface area contributed by atoms with Crippen molar-refractivity contribution in [3.8, 4) is 0 Å². The summed E-state index contributed by atoms with van der Waals surface area (Å²) in [7, 11) is 0. The maximum atomic E-state index is 13.2. The number of carbonyl (C=O) groups is 1. The lowest BCUT2D eigenvalue weighted by Gasteiger charge is -2.28. The van der Waals surface area contributed by atoms with Gasteiger partial charge in [-0.25, -0.2) is 4.79 Å². The first-order valence-electron chi connectivity index (χ1n) is 8.93. The molecule has 0 radical (unpaired) electrons. The van der Waals surface area contributed by atoms with E-state index in [1.54, 1.807) is 16.3 Å². The maximum Gasteiger partial charge on any atom is 0.434 e. The van der Waals surface area contributed by atoms with Crippen molar-refractivity contribution < 1.29 is 9.37 Å². The molecule has 132 valence electrons. The SMILES string of the molecule is O=C1C(SCc2ccccc2)=C(N2CCNCC2)C=[N+]1c1ccccc1. The van der Waals surface area contributed by atoms with Crippen LogP contribution in [0.2, 0.25) is 0 Å². The van der Waals surface area contributed by atoms with Crippen molar-refractivity contribution in [3.63, 3.8) is 0 Å². The van der Waals surface area contributed by atoms with Gasteiger partial charge in [0.15, 0.2) is 4.91 Å². The van der Waals surface area contributed by atoms with Gasteiger partial charge in [-0.15, -0.1) is 16.3 Å². The average molecular weight is 364 g/mol. The van der Waals surface area contributed by atoms with Crippen LogP contribution in [0.15, 0.2) is 71.3 Å². The van der Waals surface area contributed by atoms with Gasteiger partial charge in [0.25, 0.3) is 0 Å². The minimum absolute atomic E-state index is 0.0747. The molecule has 5 heteroatoms. The number of benzene rings is 2. The van der Waals surface area contributed by atoms with Crippen molar-refractivity contribution in [2.24, 2.45) is 0 Å². The highest BCUT2D eigenvalue weighted by molar-refractivity contribution is 8.03. The molecular weight excluding hydrogens is 342 g/mol. The van der Waals surface area contributed by atoms with Gasteiger partial charge < -0.3 is 10.2 Å². The summed E-state index contributed by atoms with van der Waals surface area (Å²) < 4.78 is 1.78. The molecule has 0 aliphatic carbocycles. The molecule has 2 heterocycles. The quantitative estimate of drug-likeness (QED) is 0.828. The van der Waals surface area contributed by atoms with Crippen LogP contribution in [0, 0.1) is 0 Å². The second-order valence-corrected chi connectivity index (χ2v) is 7.35. The summed E-state index contributed by atoms with van der Waals surface area (Å²) in [5, 5.41) is 3.38. The number of allylic oxidation sites excluding steroid dienone is 1. The maximum absolute atomic E-state index is 13.2. The van der Waals surface area contributed by atoms with Crippen LogP contribution in [0.1, 0.15) is 5.56 Å². The van der Waals surface area contributed by atoms with E-state index in [4.69, 9.17) is 0 Å². The molecule has 2 aliphatic heterocycles. The molecule has 26 heavy (non-hydrogen) atoms. The van der Waals surface area contributed by atoms with E-state index in [2.05, 4.69) is 22.3 Å². The molecule has 1 saturated heterocycles. The van der Waals surface area contributed by atoms with Crippen LogP contribution in [0.3, 0.4) is 0 Å². The van der Waals surface area contributed by atoms with E-state index >= 15 is 0 Å². The molecule has 0 unspecified atom stereocenters. The van der Waals surface area contributed by atoms with Crippen LogP contribution in [-0.4, -0.2) is 47.8 Å². The molecule has 2 aromatic rings. The van der Waals surface area contributed by atoms with E-state index in [-0.39, 0.29) is 5.91 Å². The van der Waals surface area contributed by atoms with Crippen molar-refractivity contribution in [2.75, 3.05) is 26.2 Å². The molecule has 2 aliphatic rings. The first-order chi connectivity index (χ1) is 12.8. The predicted octanol–water partition coefficient (Wildman–Crippen LogP) is 2.99. The van der Waals surface area contributed by atoms with E-state index in [1.165, 1.54) is 5.56 Å². The highest BCUT2D eigenvalue weighted by atomic mass is 32.2. The normalized spacial score (nSPS) is 17.6. The molecule has 1 N–H and O–H groups in total. The zero-order chi connectivity index (χ0) is 17.8. The Hall–Kier alpha value is -2.37. The molecule has 2 aromatic carbocycles. The number of para-hydroxylation sites is 1. The second-order valence-electron chi connectivity index (χ2n) is 6.37. The van der Waals surface area contributed by atoms with Crippen molar-refractivity contribution in [2.45, 2.75) is 5.75 Å². The Balaban J connectivity index is 1.62. The number of rotatable bonds is 5. The topological polar surface area (TPSA) is 35.4 Å². The van der Waals surface area contributed by atoms with E-state index in [9.17, 15) is 4.79 Å². The average Bonchev–Trinajstić information content (AvgIpc) is 3.05. The third kappa shape index (κ3) is 3.59. The summed E-state index contributed by atoms with van der Waals surface area (Å²) in [6.07, 6.45) is 2.01. The van der Waals surface area contributed by atoms with Gasteiger partial charge >= 0.3 is 5.91 Å². The fourth-order valence-corrected chi connectivity index (χ4v) is 4.29. The largest absolute Gasteiger partial charge is 0.434 e. The molecule has 4 nitrogen and oxygen atoms in total. The Morgan fingerprint density at radius 2 is 1.62 bits per heavy atom. The summed E-state index contributed by atoms with van der Waals surface area (Å²) in [5.41, 5.74) is 3.21. The lowest BCUT2D eigenvalue weighted by Crippen LogP contribution is -2.43. The number of carbonyl (C=O) groups excluding carboxylic acids is 1. The van der Waals surface area contributed by atoms with E-state index in [1.807, 2.05) is 54.7 Å². The zero-order valence-electron chi connectivity index (χ0n) is 14.6. The third-order valence-corrected chi connectivity index (χ3v) is 5.77. The molecule has 0 bridgehead atoms. The van der Waals surface area contributed by atoms with Crippen molar-refractivity contribution in [1.29, 1.82) is 0 Å². The van der Waals surface area contributed by atoms with Crippen LogP contribution in [0.25, 0.3) is 0 Å². The Morgan fingerprint density at radius 3 is 2.31 bits per heavy atom. The minimum atomic E-state index is 0.0747. The Labute approximate surface area is 158 Å². The Morgan fingerprint density at radius 1 is 0.962 bits per heavy atom. The zero-order valence-corrected chi connectivity index (χ0v) is 15.4. The molecule has 0 spiro atoms. The van der Waals surface area contributed by atoms with Crippen molar-refractivity contribution in [3.05, 3.63) is 76.8 Å². The van der Waals surface area contributed by atoms with Gasteiger partial charge in [-0.1, -0.05) is 48.5 Å². The van der Waals surface area contributed by atoms with Crippen LogP contribution in [-0.2, 0) is 10.5 Å². The van der Waals surface area contributed by atoms with Crippen LogP contribution >= 0.6 is 11.8 Å². The number of hydrogen-bond donors (Lipinski definition) is 1. The number of nitrogens with zero attached hydrogens (tertiary/aromatic N) is 2. The first kappa shape index (κ1) is 17.1. The fourth-order valence-electron chi connectivity index (χ4n) is 3.24. The van der Waals surface area contributed by atoms with Gasteiger partial charge in [0.2, 0.25) is 11.9 Å². The van der Waals surface area contributed by atoms with Crippen molar-refractivity contribution >= 4 is 29.6 Å². The minimum Gasteiger partial charge on any atom is -0.363 e. The Bertz CT molecular complexity index is 840. The molecule has 0 atom stereocenters. The number of nitrogens with one attached hydrogen (secondary N) is 1.